The van der Waals surface area contributed by atoms with E-state index in [0.717, 1.165) is 5.01 Å². The average Bonchev–Trinajstić information content (AvgIpc) is 2.77. The number of hydrogen-bond acceptors (Lipinski definition) is 5. The molecule has 100 valence electrons. The lowest BCUT2D eigenvalue weighted by Gasteiger charge is -2.35. The lowest BCUT2D eigenvalue weighted by Crippen LogP contribution is -2.45. The Morgan fingerprint density at radius 3 is 2.89 bits per heavy atom. The van der Waals surface area contributed by atoms with E-state index in [0.29, 0.717) is 44.6 Å². The summed E-state index contributed by atoms with van der Waals surface area (Å²) in [6, 6.07) is 0. The molecule has 2 rings (SSSR count). The van der Waals surface area contributed by atoms with Crippen LogP contribution in [0.2, 0.25) is 0 Å². The minimum absolute atomic E-state index is 0.0370. The predicted octanol–water partition coefficient (Wildman–Crippen LogP) is 0.631. The first-order chi connectivity index (χ1) is 8.52. The molecule has 0 aliphatic carbocycles. The average molecular weight is 269 g/mol. The van der Waals surface area contributed by atoms with Gasteiger partial charge in [-0.2, -0.15) is 0 Å². The number of thiazole rings is 1. The van der Waals surface area contributed by atoms with Gasteiger partial charge in [0.05, 0.1) is 10.6 Å². The van der Waals surface area contributed by atoms with Gasteiger partial charge in [-0.25, -0.2) is 4.98 Å². The van der Waals surface area contributed by atoms with Crippen LogP contribution in [0.25, 0.3) is 0 Å². The molecule has 0 aromatic carbocycles. The van der Waals surface area contributed by atoms with Crippen LogP contribution in [0.5, 0.6) is 0 Å². The first-order valence-corrected chi connectivity index (χ1v) is 7.06. The Kier molecular flexibility index (Phi) is 3.99. The molecule has 1 aromatic heterocycles. The fourth-order valence-corrected chi connectivity index (χ4v) is 2.79. The van der Waals surface area contributed by atoms with E-state index in [-0.39, 0.29) is 5.91 Å². The smallest absolute Gasteiger partial charge is 0.273 e. The van der Waals surface area contributed by atoms with Gasteiger partial charge in [0.2, 0.25) is 0 Å². The minimum Gasteiger partial charge on any atom is -0.390 e. The second-order valence-electron chi connectivity index (χ2n) is 4.95. The Bertz CT molecular complexity index is 421. The zero-order valence-electron chi connectivity index (χ0n) is 10.6. The standard InChI is InChI=1S/C12H19N3O2S/c1-12(17)3-6-15(7-4-12)11(16)9-8-18-10(14-9)2-5-13/h8,17H,2-7,13H2,1H3. The van der Waals surface area contributed by atoms with Crippen LogP contribution in [0.4, 0.5) is 0 Å². The van der Waals surface area contributed by atoms with Gasteiger partial charge in [-0.1, -0.05) is 0 Å². The summed E-state index contributed by atoms with van der Waals surface area (Å²) in [6.07, 6.45) is 1.96. The van der Waals surface area contributed by atoms with Crippen LogP contribution in [0.15, 0.2) is 5.38 Å². The maximum Gasteiger partial charge on any atom is 0.273 e. The zero-order chi connectivity index (χ0) is 13.2. The molecule has 0 spiro atoms. The molecule has 1 fully saturated rings. The molecule has 1 aliphatic rings. The van der Waals surface area contributed by atoms with Gasteiger partial charge in [-0.15, -0.1) is 11.3 Å². The summed E-state index contributed by atoms with van der Waals surface area (Å²) >= 11 is 1.48. The van der Waals surface area contributed by atoms with Gasteiger partial charge in [0.1, 0.15) is 5.69 Å². The van der Waals surface area contributed by atoms with Gasteiger partial charge in [0.15, 0.2) is 0 Å². The number of nitrogens with two attached hydrogens (primary N) is 1. The molecule has 5 nitrogen and oxygen atoms in total. The molecule has 1 amide bonds. The summed E-state index contributed by atoms with van der Waals surface area (Å²) in [6.45, 7) is 3.55. The molecule has 1 aromatic rings. The lowest BCUT2D eigenvalue weighted by atomic mass is 9.94. The van der Waals surface area contributed by atoms with E-state index >= 15 is 0 Å². The van der Waals surface area contributed by atoms with Crippen LogP contribution < -0.4 is 5.73 Å². The quantitative estimate of drug-likeness (QED) is 0.843. The van der Waals surface area contributed by atoms with Crippen LogP contribution >= 0.6 is 11.3 Å². The largest absolute Gasteiger partial charge is 0.390 e. The predicted molar refractivity (Wildman–Crippen MR) is 70.6 cm³/mol. The molecular formula is C12H19N3O2S. The van der Waals surface area contributed by atoms with E-state index in [2.05, 4.69) is 4.98 Å². The van der Waals surface area contributed by atoms with Crippen molar-refractivity contribution < 1.29 is 9.90 Å². The number of nitrogens with zero attached hydrogens (tertiary/aromatic N) is 2. The summed E-state index contributed by atoms with van der Waals surface area (Å²) in [5, 5.41) is 12.6. The molecule has 3 N–H and O–H groups in total. The molecule has 0 bridgehead atoms. The number of aliphatic hydroxyl groups is 1. The van der Waals surface area contributed by atoms with E-state index in [9.17, 15) is 9.90 Å². The fourth-order valence-electron chi connectivity index (χ4n) is 2.00. The second-order valence-corrected chi connectivity index (χ2v) is 5.90. The van der Waals surface area contributed by atoms with E-state index in [4.69, 9.17) is 5.73 Å². The summed E-state index contributed by atoms with van der Waals surface area (Å²) < 4.78 is 0. The molecule has 0 atom stereocenters. The Morgan fingerprint density at radius 1 is 1.61 bits per heavy atom. The summed E-state index contributed by atoms with van der Waals surface area (Å²) in [4.78, 5) is 18.2. The summed E-state index contributed by atoms with van der Waals surface area (Å²) in [5.41, 5.74) is 5.33. The highest BCUT2D eigenvalue weighted by Gasteiger charge is 2.30. The Labute approximate surface area is 111 Å². The van der Waals surface area contributed by atoms with Gasteiger partial charge in [-0.3, -0.25) is 4.79 Å². The molecule has 1 aliphatic heterocycles. The van der Waals surface area contributed by atoms with Crippen LogP contribution in [0.3, 0.4) is 0 Å². The maximum absolute atomic E-state index is 12.2. The number of likely N-dealkylation sites (tertiary alicyclic amines) is 1. The number of aromatic nitrogens is 1. The van der Waals surface area contributed by atoms with Gasteiger partial charge in [0, 0.05) is 24.9 Å². The van der Waals surface area contributed by atoms with E-state index in [1.165, 1.54) is 11.3 Å². The van der Waals surface area contributed by atoms with Crippen LogP contribution in [0, 0.1) is 0 Å². The van der Waals surface area contributed by atoms with Gasteiger partial charge in [-0.05, 0) is 26.3 Å². The van der Waals surface area contributed by atoms with Crippen molar-refractivity contribution in [2.24, 2.45) is 5.73 Å². The third-order valence-electron chi connectivity index (χ3n) is 3.26. The first-order valence-electron chi connectivity index (χ1n) is 6.18. The molecule has 6 heteroatoms. The third-order valence-corrected chi connectivity index (χ3v) is 4.17. The molecule has 18 heavy (non-hydrogen) atoms. The molecule has 1 saturated heterocycles. The van der Waals surface area contributed by atoms with Crippen molar-refractivity contribution in [1.82, 2.24) is 9.88 Å². The highest BCUT2D eigenvalue weighted by atomic mass is 32.1. The number of carbonyl (C=O) groups excluding carboxylic acids is 1. The molecule has 0 radical (unpaired) electrons. The van der Waals surface area contributed by atoms with Gasteiger partial charge >= 0.3 is 0 Å². The molecule has 0 unspecified atom stereocenters. The molecule has 0 saturated carbocycles. The SMILES string of the molecule is CC1(O)CCN(C(=O)c2csc(CCN)n2)CC1. The lowest BCUT2D eigenvalue weighted by molar-refractivity contribution is -0.00217. The molecular weight excluding hydrogens is 250 g/mol. The van der Waals surface area contributed by atoms with Crippen molar-refractivity contribution in [2.75, 3.05) is 19.6 Å². The van der Waals surface area contributed by atoms with Crippen LogP contribution in [-0.2, 0) is 6.42 Å². The summed E-state index contributed by atoms with van der Waals surface area (Å²) in [5.74, 6) is -0.0370. The second kappa shape index (κ2) is 5.34. The number of rotatable bonds is 3. The van der Waals surface area contributed by atoms with Crippen molar-refractivity contribution in [2.45, 2.75) is 31.8 Å². The van der Waals surface area contributed by atoms with Crippen molar-refractivity contribution in [3.8, 4) is 0 Å². The number of carbonyl (C=O) groups is 1. The van der Waals surface area contributed by atoms with Gasteiger partial charge in [0.25, 0.3) is 5.91 Å². The highest BCUT2D eigenvalue weighted by Crippen LogP contribution is 2.22. The van der Waals surface area contributed by atoms with Crippen LogP contribution in [-0.4, -0.2) is 46.1 Å². The Hall–Kier alpha value is -0.980. The first kappa shape index (κ1) is 13.5. The zero-order valence-corrected chi connectivity index (χ0v) is 11.4. The minimum atomic E-state index is -0.635. The monoisotopic (exact) mass is 269 g/mol. The normalized spacial score (nSPS) is 18.9. The maximum atomic E-state index is 12.2. The topological polar surface area (TPSA) is 79.5 Å². The van der Waals surface area contributed by atoms with Crippen molar-refractivity contribution in [1.29, 1.82) is 0 Å². The Balaban J connectivity index is 1.98. The van der Waals surface area contributed by atoms with Crippen molar-refractivity contribution in [3.05, 3.63) is 16.1 Å². The summed E-state index contributed by atoms with van der Waals surface area (Å²) in [7, 11) is 0. The third kappa shape index (κ3) is 3.07. The van der Waals surface area contributed by atoms with Crippen LogP contribution in [0.1, 0.15) is 35.3 Å². The highest BCUT2D eigenvalue weighted by molar-refractivity contribution is 7.09. The van der Waals surface area contributed by atoms with Crippen molar-refractivity contribution in [3.63, 3.8) is 0 Å². The van der Waals surface area contributed by atoms with E-state index in [1.54, 1.807) is 10.3 Å². The molecule has 2 heterocycles. The van der Waals surface area contributed by atoms with Gasteiger partial charge < -0.3 is 15.7 Å². The fraction of sp³-hybridized carbons (Fsp3) is 0.667. The van der Waals surface area contributed by atoms with E-state index < -0.39 is 5.60 Å². The van der Waals surface area contributed by atoms with E-state index in [1.807, 2.05) is 6.92 Å². The number of hydrogen-bond donors (Lipinski definition) is 2. The number of piperidine rings is 1. The van der Waals surface area contributed by atoms with Crippen molar-refractivity contribution >= 4 is 17.2 Å². The Morgan fingerprint density at radius 2 is 2.28 bits per heavy atom. The number of amides is 1.